The zero-order chi connectivity index (χ0) is 13.1. The molecule has 1 unspecified atom stereocenters. The summed E-state index contributed by atoms with van der Waals surface area (Å²) < 4.78 is 0. The van der Waals surface area contributed by atoms with Crippen molar-refractivity contribution >= 4 is 0 Å². The van der Waals surface area contributed by atoms with Gasteiger partial charge in [-0.25, -0.2) is 0 Å². The van der Waals surface area contributed by atoms with Gasteiger partial charge in [0.2, 0.25) is 0 Å². The Bertz CT molecular complexity index is 547. The van der Waals surface area contributed by atoms with Gasteiger partial charge in [-0.2, -0.15) is 0 Å². The zero-order valence-corrected chi connectivity index (χ0v) is 11.0. The first-order valence-corrected chi connectivity index (χ1v) is 6.23. The van der Waals surface area contributed by atoms with Gasteiger partial charge in [0.1, 0.15) is 0 Å². The zero-order valence-electron chi connectivity index (χ0n) is 11.0. The van der Waals surface area contributed by atoms with Crippen LogP contribution >= 0.6 is 0 Å². The van der Waals surface area contributed by atoms with E-state index in [1.165, 1.54) is 11.1 Å². The summed E-state index contributed by atoms with van der Waals surface area (Å²) in [5.74, 6) is 0. The summed E-state index contributed by atoms with van der Waals surface area (Å²) in [6.07, 6.45) is 0. The van der Waals surface area contributed by atoms with Crippen LogP contribution in [0, 0.1) is 13.8 Å². The first-order valence-electron chi connectivity index (χ1n) is 6.23. The molecule has 0 bridgehead atoms. The number of rotatable bonds is 3. The minimum absolute atomic E-state index is 0.0872. The molecule has 2 nitrogen and oxygen atoms in total. The average molecular weight is 240 g/mol. The van der Waals surface area contributed by atoms with E-state index in [2.05, 4.69) is 44.2 Å². The molecule has 0 spiro atoms. The van der Waals surface area contributed by atoms with Gasteiger partial charge < -0.3 is 11.5 Å². The molecule has 0 aliphatic heterocycles. The summed E-state index contributed by atoms with van der Waals surface area (Å²) in [6.45, 7) is 4.77. The van der Waals surface area contributed by atoms with Gasteiger partial charge in [0.25, 0.3) is 0 Å². The smallest absolute Gasteiger partial charge is 0.0551 e. The summed E-state index contributed by atoms with van der Waals surface area (Å²) in [7, 11) is 0. The van der Waals surface area contributed by atoms with E-state index in [0.717, 1.165) is 16.7 Å². The van der Waals surface area contributed by atoms with Crippen molar-refractivity contribution in [1.29, 1.82) is 0 Å². The third-order valence-corrected chi connectivity index (χ3v) is 3.44. The minimum Gasteiger partial charge on any atom is -0.326 e. The Hall–Kier alpha value is -1.64. The molecule has 0 radical (unpaired) electrons. The van der Waals surface area contributed by atoms with Crippen molar-refractivity contribution in [1.82, 2.24) is 0 Å². The lowest BCUT2D eigenvalue weighted by molar-refractivity contribution is 0.863. The van der Waals surface area contributed by atoms with Gasteiger partial charge >= 0.3 is 0 Å². The normalized spacial score (nSPS) is 12.4. The molecule has 4 N–H and O–H groups in total. The van der Waals surface area contributed by atoms with Crippen molar-refractivity contribution in [2.75, 3.05) is 0 Å². The SMILES string of the molecule is Cc1ccc(C(N)c2cccc(CN)c2)cc1C. The number of aryl methyl sites for hydroxylation is 2. The van der Waals surface area contributed by atoms with Crippen molar-refractivity contribution in [3.63, 3.8) is 0 Å². The van der Waals surface area contributed by atoms with E-state index in [1.807, 2.05) is 12.1 Å². The highest BCUT2D eigenvalue weighted by Gasteiger charge is 2.09. The van der Waals surface area contributed by atoms with E-state index in [4.69, 9.17) is 11.5 Å². The summed E-state index contributed by atoms with van der Waals surface area (Å²) >= 11 is 0. The molecule has 18 heavy (non-hydrogen) atoms. The fourth-order valence-corrected chi connectivity index (χ4v) is 2.06. The molecule has 0 aliphatic rings. The highest BCUT2D eigenvalue weighted by molar-refractivity contribution is 5.38. The molecule has 0 saturated carbocycles. The summed E-state index contributed by atoms with van der Waals surface area (Å²) in [5.41, 5.74) is 17.9. The summed E-state index contributed by atoms with van der Waals surface area (Å²) in [6, 6.07) is 14.5. The van der Waals surface area contributed by atoms with Gasteiger partial charge in [-0.15, -0.1) is 0 Å². The van der Waals surface area contributed by atoms with Crippen molar-refractivity contribution in [2.45, 2.75) is 26.4 Å². The molecular formula is C16H20N2. The molecular weight excluding hydrogens is 220 g/mol. The molecule has 0 aliphatic carbocycles. The van der Waals surface area contributed by atoms with Crippen LogP contribution in [0.4, 0.5) is 0 Å². The molecule has 94 valence electrons. The van der Waals surface area contributed by atoms with Gasteiger partial charge in [-0.05, 0) is 41.7 Å². The van der Waals surface area contributed by atoms with Crippen LogP contribution in [-0.2, 0) is 6.54 Å². The van der Waals surface area contributed by atoms with Crippen molar-refractivity contribution in [3.05, 3.63) is 70.3 Å². The Morgan fingerprint density at radius 3 is 2.33 bits per heavy atom. The molecule has 0 aromatic heterocycles. The number of benzene rings is 2. The molecule has 0 amide bonds. The molecule has 2 rings (SSSR count). The Balaban J connectivity index is 2.34. The highest BCUT2D eigenvalue weighted by atomic mass is 14.6. The van der Waals surface area contributed by atoms with E-state index in [-0.39, 0.29) is 6.04 Å². The average Bonchev–Trinajstić information content (AvgIpc) is 2.41. The predicted octanol–water partition coefficient (Wildman–Crippen LogP) is 2.81. The maximum atomic E-state index is 6.32. The van der Waals surface area contributed by atoms with Crippen molar-refractivity contribution < 1.29 is 0 Å². The Morgan fingerprint density at radius 1 is 0.944 bits per heavy atom. The predicted molar refractivity (Wildman–Crippen MR) is 76.3 cm³/mol. The first kappa shape index (κ1) is 12.8. The number of nitrogens with two attached hydrogens (primary N) is 2. The van der Waals surface area contributed by atoms with Crippen molar-refractivity contribution in [2.24, 2.45) is 11.5 Å². The largest absolute Gasteiger partial charge is 0.326 e. The van der Waals surface area contributed by atoms with Crippen LogP contribution in [0.5, 0.6) is 0 Å². The van der Waals surface area contributed by atoms with Gasteiger partial charge in [0.05, 0.1) is 6.04 Å². The van der Waals surface area contributed by atoms with Gasteiger partial charge in [-0.3, -0.25) is 0 Å². The summed E-state index contributed by atoms with van der Waals surface area (Å²) in [4.78, 5) is 0. The Morgan fingerprint density at radius 2 is 1.67 bits per heavy atom. The topological polar surface area (TPSA) is 52.0 Å². The van der Waals surface area contributed by atoms with Crippen LogP contribution in [0.1, 0.15) is 33.9 Å². The Labute approximate surface area is 109 Å². The van der Waals surface area contributed by atoms with E-state index < -0.39 is 0 Å². The molecule has 0 heterocycles. The number of hydrogen-bond donors (Lipinski definition) is 2. The van der Waals surface area contributed by atoms with Crippen molar-refractivity contribution in [3.8, 4) is 0 Å². The summed E-state index contributed by atoms with van der Waals surface area (Å²) in [5, 5.41) is 0. The molecule has 0 saturated heterocycles. The van der Waals surface area contributed by atoms with Gasteiger partial charge in [0, 0.05) is 6.54 Å². The van der Waals surface area contributed by atoms with Crippen LogP contribution < -0.4 is 11.5 Å². The quantitative estimate of drug-likeness (QED) is 0.866. The third kappa shape index (κ3) is 2.61. The van der Waals surface area contributed by atoms with Gasteiger partial charge in [-0.1, -0.05) is 42.5 Å². The Kier molecular flexibility index (Phi) is 3.80. The van der Waals surface area contributed by atoms with Crippen LogP contribution in [0.15, 0.2) is 42.5 Å². The van der Waals surface area contributed by atoms with E-state index in [9.17, 15) is 0 Å². The maximum Gasteiger partial charge on any atom is 0.0551 e. The maximum absolute atomic E-state index is 6.32. The van der Waals surface area contributed by atoms with E-state index in [1.54, 1.807) is 0 Å². The fraction of sp³-hybridized carbons (Fsp3) is 0.250. The number of hydrogen-bond acceptors (Lipinski definition) is 2. The lowest BCUT2D eigenvalue weighted by atomic mass is 9.95. The molecule has 1 atom stereocenters. The minimum atomic E-state index is -0.0872. The molecule has 2 aromatic carbocycles. The second kappa shape index (κ2) is 5.34. The van der Waals surface area contributed by atoms with E-state index in [0.29, 0.717) is 6.54 Å². The van der Waals surface area contributed by atoms with Crippen LogP contribution in [0.2, 0.25) is 0 Å². The highest BCUT2D eigenvalue weighted by Crippen LogP contribution is 2.22. The molecule has 2 heteroatoms. The third-order valence-electron chi connectivity index (χ3n) is 3.44. The lowest BCUT2D eigenvalue weighted by Crippen LogP contribution is -2.12. The van der Waals surface area contributed by atoms with E-state index >= 15 is 0 Å². The second-order valence-corrected chi connectivity index (χ2v) is 4.77. The molecule has 2 aromatic rings. The van der Waals surface area contributed by atoms with Crippen LogP contribution in [0.25, 0.3) is 0 Å². The fourth-order valence-electron chi connectivity index (χ4n) is 2.06. The van der Waals surface area contributed by atoms with Crippen LogP contribution in [-0.4, -0.2) is 0 Å². The second-order valence-electron chi connectivity index (χ2n) is 4.77. The van der Waals surface area contributed by atoms with Crippen LogP contribution in [0.3, 0.4) is 0 Å². The monoisotopic (exact) mass is 240 g/mol. The first-order chi connectivity index (χ1) is 8.61. The lowest BCUT2D eigenvalue weighted by Gasteiger charge is -2.15. The standard InChI is InChI=1S/C16H20N2/c1-11-6-7-15(8-12(11)2)16(18)14-5-3-4-13(9-14)10-17/h3-9,16H,10,17-18H2,1-2H3. The van der Waals surface area contributed by atoms with Gasteiger partial charge in [0.15, 0.2) is 0 Å². The molecule has 0 fully saturated rings.